The predicted molar refractivity (Wildman–Crippen MR) is 84.6 cm³/mol. The molecule has 1 aromatic carbocycles. The molecule has 0 spiro atoms. The molecule has 8 heteroatoms. The first-order valence-corrected chi connectivity index (χ1v) is 8.95. The van der Waals surface area contributed by atoms with E-state index in [0.717, 1.165) is 11.1 Å². The van der Waals surface area contributed by atoms with Gasteiger partial charge in [-0.2, -0.15) is 0 Å². The Morgan fingerprint density at radius 1 is 1.40 bits per heavy atom. The summed E-state index contributed by atoms with van der Waals surface area (Å²) in [7, 11) is -1.84. The number of benzene rings is 1. The number of sulfonamides is 1. The van der Waals surface area contributed by atoms with E-state index in [1.807, 2.05) is 20.0 Å². The highest BCUT2D eigenvalue weighted by molar-refractivity contribution is 9.10. The van der Waals surface area contributed by atoms with Crippen LogP contribution in [0.1, 0.15) is 11.1 Å². The maximum absolute atomic E-state index is 12.4. The Hall–Kier alpha value is -0.960. The minimum atomic E-state index is -3.65. The van der Waals surface area contributed by atoms with Crippen LogP contribution in [0.5, 0.6) is 0 Å². The number of aryl methyl sites for hydroxylation is 1. The lowest BCUT2D eigenvalue weighted by Crippen LogP contribution is -2.15. The highest BCUT2D eigenvalue weighted by Gasteiger charge is 2.20. The summed E-state index contributed by atoms with van der Waals surface area (Å²) in [6.07, 6.45) is 1.56. The van der Waals surface area contributed by atoms with Crippen LogP contribution in [-0.2, 0) is 16.6 Å². The first-order chi connectivity index (χ1) is 9.44. The zero-order chi connectivity index (χ0) is 14.8. The third-order valence-electron chi connectivity index (χ3n) is 2.61. The van der Waals surface area contributed by atoms with Crippen molar-refractivity contribution in [2.45, 2.75) is 18.4 Å². The molecule has 0 aliphatic carbocycles. The molecule has 0 radical (unpaired) electrons. The van der Waals surface area contributed by atoms with Crippen LogP contribution in [0.15, 0.2) is 33.1 Å². The van der Waals surface area contributed by atoms with Crippen LogP contribution < -0.4 is 10.0 Å². The van der Waals surface area contributed by atoms with E-state index in [0.29, 0.717) is 16.1 Å². The van der Waals surface area contributed by atoms with Crippen molar-refractivity contribution in [3.8, 4) is 0 Å². The van der Waals surface area contributed by atoms with Gasteiger partial charge in [-0.3, -0.25) is 4.72 Å². The molecule has 108 valence electrons. The Balaban J connectivity index is 2.44. The van der Waals surface area contributed by atoms with Gasteiger partial charge in [0, 0.05) is 22.6 Å². The second-order valence-corrected chi connectivity index (χ2v) is 7.54. The zero-order valence-electron chi connectivity index (χ0n) is 11.0. The molecule has 5 nitrogen and oxygen atoms in total. The monoisotopic (exact) mass is 375 g/mol. The molecule has 2 rings (SSSR count). The standard InChI is InChI=1S/C12H14BrN3O2S2/c1-8-5-9(7-14-2)6-10(11(8)13)20(17,18)16-12-15-3-4-19-12/h3-6,14H,7H2,1-2H3,(H,15,16). The Morgan fingerprint density at radius 3 is 2.75 bits per heavy atom. The number of hydrogen-bond donors (Lipinski definition) is 2. The van der Waals surface area contributed by atoms with Crippen LogP contribution in [0.2, 0.25) is 0 Å². The van der Waals surface area contributed by atoms with Crippen molar-refractivity contribution in [3.05, 3.63) is 39.3 Å². The lowest BCUT2D eigenvalue weighted by Gasteiger charge is -2.12. The topological polar surface area (TPSA) is 71.1 Å². The van der Waals surface area contributed by atoms with Gasteiger partial charge in [0.1, 0.15) is 4.90 Å². The smallest absolute Gasteiger partial charge is 0.264 e. The summed E-state index contributed by atoms with van der Waals surface area (Å²) in [5, 5.41) is 5.09. The van der Waals surface area contributed by atoms with Crippen molar-refractivity contribution >= 4 is 42.4 Å². The third kappa shape index (κ3) is 3.38. The minimum absolute atomic E-state index is 0.220. The number of anilines is 1. The van der Waals surface area contributed by atoms with Gasteiger partial charge in [0.25, 0.3) is 10.0 Å². The largest absolute Gasteiger partial charge is 0.316 e. The fourth-order valence-electron chi connectivity index (χ4n) is 1.75. The average Bonchev–Trinajstić information content (AvgIpc) is 2.85. The van der Waals surface area contributed by atoms with Crippen molar-refractivity contribution in [2.24, 2.45) is 0 Å². The SMILES string of the molecule is CNCc1cc(C)c(Br)c(S(=O)(=O)Nc2nccs2)c1. The van der Waals surface area contributed by atoms with Gasteiger partial charge in [0.05, 0.1) is 0 Å². The number of rotatable bonds is 5. The number of halogens is 1. The normalized spacial score (nSPS) is 11.6. The molecule has 0 atom stereocenters. The molecule has 0 saturated heterocycles. The van der Waals surface area contributed by atoms with Crippen molar-refractivity contribution in [2.75, 3.05) is 11.8 Å². The van der Waals surface area contributed by atoms with E-state index < -0.39 is 10.0 Å². The molecule has 1 aromatic heterocycles. The van der Waals surface area contributed by atoms with Crippen molar-refractivity contribution in [3.63, 3.8) is 0 Å². The molecule has 0 saturated carbocycles. The predicted octanol–water partition coefficient (Wildman–Crippen LogP) is 2.73. The fourth-order valence-corrected chi connectivity index (χ4v) is 4.61. The highest BCUT2D eigenvalue weighted by atomic mass is 79.9. The number of nitrogens with zero attached hydrogens (tertiary/aromatic N) is 1. The van der Waals surface area contributed by atoms with Crippen LogP contribution in [0, 0.1) is 6.92 Å². The van der Waals surface area contributed by atoms with E-state index in [2.05, 4.69) is 31.0 Å². The van der Waals surface area contributed by atoms with Crippen LogP contribution in [0.25, 0.3) is 0 Å². The molecule has 2 aromatic rings. The number of aromatic nitrogens is 1. The Morgan fingerprint density at radius 2 is 2.15 bits per heavy atom. The van der Waals surface area contributed by atoms with Gasteiger partial charge >= 0.3 is 0 Å². The molecule has 1 heterocycles. The summed E-state index contributed by atoms with van der Waals surface area (Å²) in [6, 6.07) is 3.60. The number of thiazole rings is 1. The first kappa shape index (κ1) is 15.4. The molecular formula is C12H14BrN3O2S2. The highest BCUT2D eigenvalue weighted by Crippen LogP contribution is 2.29. The van der Waals surface area contributed by atoms with Crippen LogP contribution in [-0.4, -0.2) is 20.4 Å². The van der Waals surface area contributed by atoms with Crippen molar-refractivity contribution < 1.29 is 8.42 Å². The molecule has 0 bridgehead atoms. The van der Waals surface area contributed by atoms with E-state index in [9.17, 15) is 8.42 Å². The van der Waals surface area contributed by atoms with Gasteiger partial charge < -0.3 is 5.32 Å². The maximum atomic E-state index is 12.4. The Kier molecular flexibility index (Phi) is 4.79. The number of nitrogens with one attached hydrogen (secondary N) is 2. The number of hydrogen-bond acceptors (Lipinski definition) is 5. The van der Waals surface area contributed by atoms with Crippen molar-refractivity contribution in [1.82, 2.24) is 10.3 Å². The molecule has 20 heavy (non-hydrogen) atoms. The Labute approximate surface area is 130 Å². The van der Waals surface area contributed by atoms with Crippen LogP contribution in [0.4, 0.5) is 5.13 Å². The van der Waals surface area contributed by atoms with Gasteiger partial charge in [-0.1, -0.05) is 6.07 Å². The third-order valence-corrected chi connectivity index (χ3v) is 6.10. The average molecular weight is 376 g/mol. The Bertz CT molecular complexity index is 700. The van der Waals surface area contributed by atoms with E-state index in [1.165, 1.54) is 11.3 Å². The second kappa shape index (κ2) is 6.21. The molecule has 0 fully saturated rings. The van der Waals surface area contributed by atoms with Gasteiger partial charge in [0.15, 0.2) is 5.13 Å². The minimum Gasteiger partial charge on any atom is -0.316 e. The van der Waals surface area contributed by atoms with Crippen LogP contribution >= 0.6 is 27.3 Å². The van der Waals surface area contributed by atoms with Gasteiger partial charge in [-0.15, -0.1) is 11.3 Å². The van der Waals surface area contributed by atoms with Gasteiger partial charge in [-0.25, -0.2) is 13.4 Å². The van der Waals surface area contributed by atoms with Crippen LogP contribution in [0.3, 0.4) is 0 Å². The fraction of sp³-hybridized carbons (Fsp3) is 0.250. The van der Waals surface area contributed by atoms with Gasteiger partial charge in [-0.05, 0) is 47.1 Å². The summed E-state index contributed by atoms with van der Waals surface area (Å²) in [5.74, 6) is 0. The molecule has 0 amide bonds. The van der Waals surface area contributed by atoms with Crippen molar-refractivity contribution in [1.29, 1.82) is 0 Å². The maximum Gasteiger partial charge on any atom is 0.264 e. The lowest BCUT2D eigenvalue weighted by molar-refractivity contribution is 0.600. The lowest BCUT2D eigenvalue weighted by atomic mass is 10.1. The quantitative estimate of drug-likeness (QED) is 0.842. The van der Waals surface area contributed by atoms with E-state index in [4.69, 9.17) is 0 Å². The van der Waals surface area contributed by atoms with E-state index in [1.54, 1.807) is 17.6 Å². The molecule has 0 unspecified atom stereocenters. The van der Waals surface area contributed by atoms with E-state index in [-0.39, 0.29) is 4.90 Å². The second-order valence-electron chi connectivity index (χ2n) is 4.20. The first-order valence-electron chi connectivity index (χ1n) is 5.80. The molecule has 0 aliphatic rings. The summed E-state index contributed by atoms with van der Waals surface area (Å²) in [4.78, 5) is 4.16. The van der Waals surface area contributed by atoms with Gasteiger partial charge in [0.2, 0.25) is 0 Å². The molecule has 2 N–H and O–H groups in total. The zero-order valence-corrected chi connectivity index (χ0v) is 14.2. The summed E-state index contributed by atoms with van der Waals surface area (Å²) < 4.78 is 27.9. The van der Waals surface area contributed by atoms with E-state index >= 15 is 0 Å². The summed E-state index contributed by atoms with van der Waals surface area (Å²) in [5.41, 5.74) is 1.78. The molecule has 0 aliphatic heterocycles. The summed E-state index contributed by atoms with van der Waals surface area (Å²) in [6.45, 7) is 2.47. The molecular weight excluding hydrogens is 362 g/mol. The summed E-state index contributed by atoms with van der Waals surface area (Å²) >= 11 is 4.59.